The van der Waals surface area contributed by atoms with E-state index in [-0.39, 0.29) is 5.41 Å². The van der Waals surface area contributed by atoms with Gasteiger partial charge in [0.05, 0.1) is 6.33 Å². The minimum atomic E-state index is 0.267. The first kappa shape index (κ1) is 17.3. The molecule has 1 spiro atoms. The lowest BCUT2D eigenvalue weighted by atomic mass is 9.73. The van der Waals surface area contributed by atoms with Gasteiger partial charge in [0.2, 0.25) is 5.91 Å². The van der Waals surface area contributed by atoms with Gasteiger partial charge in [0.25, 0.3) is 0 Å². The highest BCUT2D eigenvalue weighted by molar-refractivity contribution is 5.77. The van der Waals surface area contributed by atoms with Crippen LogP contribution < -0.4 is 0 Å². The van der Waals surface area contributed by atoms with E-state index in [4.69, 9.17) is 0 Å². The SMILES string of the molecule is O=C1CC[C@@]2(CCCN(Cc3cnc[nH]3)C2)CN1CCc1ccccc1. The van der Waals surface area contributed by atoms with E-state index >= 15 is 0 Å². The van der Waals surface area contributed by atoms with Crippen molar-refractivity contribution in [1.82, 2.24) is 19.8 Å². The maximum Gasteiger partial charge on any atom is 0.222 e. The maximum atomic E-state index is 12.5. The molecule has 1 aromatic carbocycles. The Balaban J connectivity index is 1.38. The van der Waals surface area contributed by atoms with Crippen molar-refractivity contribution in [3.63, 3.8) is 0 Å². The highest BCUT2D eigenvalue weighted by Gasteiger charge is 2.41. The molecular formula is C21H28N4O. The molecule has 1 aromatic heterocycles. The van der Waals surface area contributed by atoms with Crippen molar-refractivity contribution in [3.05, 3.63) is 54.1 Å². The molecule has 0 radical (unpaired) electrons. The number of piperidine rings is 2. The van der Waals surface area contributed by atoms with E-state index in [9.17, 15) is 4.79 Å². The van der Waals surface area contributed by atoms with Crippen LogP contribution in [0.3, 0.4) is 0 Å². The highest BCUT2D eigenvalue weighted by atomic mass is 16.2. The van der Waals surface area contributed by atoms with Crippen LogP contribution in [-0.2, 0) is 17.8 Å². The predicted octanol–water partition coefficient (Wildman–Crippen LogP) is 2.86. The monoisotopic (exact) mass is 352 g/mol. The molecule has 0 aliphatic carbocycles. The zero-order valence-electron chi connectivity index (χ0n) is 15.4. The molecule has 2 aromatic rings. The number of hydrogen-bond donors (Lipinski definition) is 1. The predicted molar refractivity (Wildman–Crippen MR) is 101 cm³/mol. The van der Waals surface area contributed by atoms with E-state index in [1.165, 1.54) is 24.1 Å². The fraction of sp³-hybridized carbons (Fsp3) is 0.524. The Bertz CT molecular complexity index is 715. The van der Waals surface area contributed by atoms with Crippen molar-refractivity contribution in [3.8, 4) is 0 Å². The number of carbonyl (C=O) groups excluding carboxylic acids is 1. The van der Waals surface area contributed by atoms with E-state index in [0.29, 0.717) is 12.3 Å². The van der Waals surface area contributed by atoms with Crippen molar-refractivity contribution in [1.29, 1.82) is 0 Å². The maximum absolute atomic E-state index is 12.5. The summed E-state index contributed by atoms with van der Waals surface area (Å²) in [5, 5.41) is 0. The first-order valence-electron chi connectivity index (χ1n) is 9.74. The Kier molecular flexibility index (Phi) is 5.07. The number of aromatic amines is 1. The van der Waals surface area contributed by atoms with Crippen LogP contribution in [0.5, 0.6) is 0 Å². The second-order valence-corrected chi connectivity index (χ2v) is 7.94. The minimum absolute atomic E-state index is 0.267. The summed E-state index contributed by atoms with van der Waals surface area (Å²) < 4.78 is 0. The molecule has 26 heavy (non-hydrogen) atoms. The lowest BCUT2D eigenvalue weighted by Gasteiger charge is -2.48. The van der Waals surface area contributed by atoms with Crippen molar-refractivity contribution >= 4 is 5.91 Å². The molecule has 2 fully saturated rings. The van der Waals surface area contributed by atoms with Gasteiger partial charge in [0.1, 0.15) is 0 Å². The molecule has 1 amide bonds. The van der Waals surface area contributed by atoms with Gasteiger partial charge in [-0.3, -0.25) is 9.69 Å². The largest absolute Gasteiger partial charge is 0.347 e. The number of nitrogens with zero attached hydrogens (tertiary/aromatic N) is 3. The van der Waals surface area contributed by atoms with Gasteiger partial charge in [-0.1, -0.05) is 30.3 Å². The van der Waals surface area contributed by atoms with E-state index < -0.39 is 0 Å². The first-order valence-corrected chi connectivity index (χ1v) is 9.74. The summed E-state index contributed by atoms with van der Waals surface area (Å²) in [7, 11) is 0. The molecule has 5 nitrogen and oxygen atoms in total. The van der Waals surface area contributed by atoms with E-state index in [2.05, 4.69) is 44.0 Å². The molecular weight excluding hydrogens is 324 g/mol. The number of benzene rings is 1. The van der Waals surface area contributed by atoms with Crippen LogP contribution in [0.25, 0.3) is 0 Å². The number of amides is 1. The summed E-state index contributed by atoms with van der Waals surface area (Å²) in [6.45, 7) is 4.91. The van der Waals surface area contributed by atoms with Crippen LogP contribution in [0, 0.1) is 5.41 Å². The Hall–Kier alpha value is -2.14. The summed E-state index contributed by atoms with van der Waals surface area (Å²) in [5.41, 5.74) is 2.75. The fourth-order valence-corrected chi connectivity index (χ4v) is 4.61. The van der Waals surface area contributed by atoms with Crippen LogP contribution in [-0.4, -0.2) is 51.9 Å². The van der Waals surface area contributed by atoms with Gasteiger partial charge in [-0.05, 0) is 37.8 Å². The van der Waals surface area contributed by atoms with E-state index in [0.717, 1.165) is 45.6 Å². The highest BCUT2D eigenvalue weighted by Crippen LogP contribution is 2.39. The van der Waals surface area contributed by atoms with Crippen molar-refractivity contribution in [2.45, 2.75) is 38.6 Å². The molecule has 0 saturated carbocycles. The van der Waals surface area contributed by atoms with Crippen LogP contribution in [0.2, 0.25) is 0 Å². The molecule has 138 valence electrons. The van der Waals surface area contributed by atoms with Gasteiger partial charge in [0.15, 0.2) is 0 Å². The molecule has 2 aliphatic heterocycles. The Morgan fingerprint density at radius 2 is 2.04 bits per heavy atom. The molecule has 4 rings (SSSR count). The molecule has 0 bridgehead atoms. The standard InChI is InChI=1S/C21H28N4O/c26-20-7-10-21(16-25(20)12-8-18-5-2-1-3-6-18)9-4-11-24(15-21)14-19-13-22-17-23-19/h1-3,5-6,13,17H,4,7-12,14-16H2,(H,22,23)/t21-/m1/s1. The number of rotatable bonds is 5. The van der Waals surface area contributed by atoms with Gasteiger partial charge in [-0.25, -0.2) is 4.98 Å². The zero-order chi connectivity index (χ0) is 17.8. The number of carbonyl (C=O) groups is 1. The summed E-state index contributed by atoms with van der Waals surface area (Å²) in [5.74, 6) is 0.331. The smallest absolute Gasteiger partial charge is 0.222 e. The quantitative estimate of drug-likeness (QED) is 0.900. The molecule has 3 heterocycles. The van der Waals surface area contributed by atoms with Gasteiger partial charge in [-0.15, -0.1) is 0 Å². The van der Waals surface area contributed by atoms with Crippen molar-refractivity contribution in [2.75, 3.05) is 26.2 Å². The van der Waals surface area contributed by atoms with E-state index in [1.807, 2.05) is 12.3 Å². The zero-order valence-corrected chi connectivity index (χ0v) is 15.4. The minimum Gasteiger partial charge on any atom is -0.347 e. The average molecular weight is 352 g/mol. The number of aromatic nitrogens is 2. The number of H-pyrrole nitrogens is 1. The Labute approximate surface area is 155 Å². The fourth-order valence-electron chi connectivity index (χ4n) is 4.61. The van der Waals surface area contributed by atoms with Gasteiger partial charge >= 0.3 is 0 Å². The second-order valence-electron chi connectivity index (χ2n) is 7.94. The topological polar surface area (TPSA) is 52.2 Å². The number of hydrogen-bond acceptors (Lipinski definition) is 3. The summed E-state index contributed by atoms with van der Waals surface area (Å²) in [6, 6.07) is 10.5. The molecule has 1 N–H and O–H groups in total. The van der Waals surface area contributed by atoms with Gasteiger partial charge in [0, 0.05) is 49.9 Å². The molecule has 5 heteroatoms. The first-order chi connectivity index (χ1) is 12.7. The van der Waals surface area contributed by atoms with Crippen molar-refractivity contribution < 1.29 is 4.79 Å². The lowest BCUT2D eigenvalue weighted by Crippen LogP contribution is -2.54. The number of nitrogens with one attached hydrogen (secondary N) is 1. The van der Waals surface area contributed by atoms with Crippen LogP contribution in [0.15, 0.2) is 42.9 Å². The third kappa shape index (κ3) is 3.98. The third-order valence-corrected chi connectivity index (χ3v) is 5.95. The van der Waals surface area contributed by atoms with Crippen LogP contribution >= 0.6 is 0 Å². The lowest BCUT2D eigenvalue weighted by molar-refractivity contribution is -0.139. The third-order valence-electron chi connectivity index (χ3n) is 5.95. The summed E-state index contributed by atoms with van der Waals surface area (Å²) >= 11 is 0. The number of imidazole rings is 1. The van der Waals surface area contributed by atoms with Crippen molar-refractivity contribution in [2.24, 2.45) is 5.41 Å². The summed E-state index contributed by atoms with van der Waals surface area (Å²) in [4.78, 5) is 24.5. The second kappa shape index (κ2) is 7.62. The van der Waals surface area contributed by atoms with E-state index in [1.54, 1.807) is 6.33 Å². The molecule has 1 atom stereocenters. The van der Waals surface area contributed by atoms with Gasteiger partial charge in [-0.2, -0.15) is 0 Å². The Morgan fingerprint density at radius 3 is 2.85 bits per heavy atom. The summed E-state index contributed by atoms with van der Waals surface area (Å²) in [6.07, 6.45) is 8.80. The normalized spacial score (nSPS) is 24.3. The Morgan fingerprint density at radius 1 is 1.15 bits per heavy atom. The molecule has 2 aliphatic rings. The molecule has 2 saturated heterocycles. The van der Waals surface area contributed by atoms with Crippen LogP contribution in [0.4, 0.5) is 0 Å². The van der Waals surface area contributed by atoms with Crippen LogP contribution in [0.1, 0.15) is 36.9 Å². The average Bonchev–Trinajstić information content (AvgIpc) is 3.17. The van der Waals surface area contributed by atoms with Gasteiger partial charge < -0.3 is 9.88 Å². The number of likely N-dealkylation sites (tertiary alicyclic amines) is 2. The molecule has 0 unspecified atom stereocenters.